The first-order valence-corrected chi connectivity index (χ1v) is 11.6. The van der Waals surface area contributed by atoms with Crippen molar-refractivity contribution in [1.82, 2.24) is 10.6 Å². The molecule has 4 nitrogen and oxygen atoms in total. The van der Waals surface area contributed by atoms with Crippen molar-refractivity contribution in [1.29, 1.82) is 0 Å². The number of amides is 2. The standard InChI is InChI=1S/C25H36N2O2/c1-16(2)26-23(28)22-8-7-19(20-5-4-6-21(20)22)15-17(3)27-24(29)25-12-9-18(10-13-25)11-14-25/h7-8,16-18H,4-6,9-15H2,1-3H3,(H,26,28)(H,27,29). The molecule has 2 bridgehead atoms. The van der Waals surface area contributed by atoms with Crippen LogP contribution in [0.5, 0.6) is 0 Å². The average Bonchev–Trinajstić information content (AvgIpc) is 3.19. The van der Waals surface area contributed by atoms with Gasteiger partial charge < -0.3 is 10.6 Å². The van der Waals surface area contributed by atoms with Crippen LogP contribution in [0.2, 0.25) is 0 Å². The van der Waals surface area contributed by atoms with Crippen LogP contribution in [0.4, 0.5) is 0 Å². The highest BCUT2D eigenvalue weighted by molar-refractivity contribution is 5.96. The summed E-state index contributed by atoms with van der Waals surface area (Å²) in [6.45, 7) is 6.12. The van der Waals surface area contributed by atoms with E-state index in [0.717, 1.165) is 56.4 Å². The maximum absolute atomic E-state index is 13.1. The van der Waals surface area contributed by atoms with Crippen LogP contribution in [0.3, 0.4) is 0 Å². The third kappa shape index (κ3) is 4.08. The number of carbonyl (C=O) groups excluding carboxylic acids is 2. The highest BCUT2D eigenvalue weighted by Gasteiger charge is 2.45. The summed E-state index contributed by atoms with van der Waals surface area (Å²) < 4.78 is 0. The van der Waals surface area contributed by atoms with Crippen LogP contribution in [0, 0.1) is 11.3 Å². The predicted octanol–water partition coefficient (Wildman–Crippen LogP) is 4.33. The van der Waals surface area contributed by atoms with Crippen LogP contribution in [-0.2, 0) is 24.1 Å². The molecule has 1 atom stereocenters. The Morgan fingerprint density at radius 1 is 1.00 bits per heavy atom. The van der Waals surface area contributed by atoms with E-state index in [9.17, 15) is 9.59 Å². The lowest BCUT2D eigenvalue weighted by Gasteiger charge is -2.45. The first-order chi connectivity index (χ1) is 13.9. The zero-order valence-electron chi connectivity index (χ0n) is 18.3. The molecule has 1 unspecified atom stereocenters. The molecule has 0 heterocycles. The second kappa shape index (κ2) is 8.12. The average molecular weight is 397 g/mol. The molecule has 0 saturated heterocycles. The van der Waals surface area contributed by atoms with Crippen LogP contribution in [0.1, 0.15) is 92.8 Å². The second-order valence-corrected chi connectivity index (χ2v) is 10.1. The van der Waals surface area contributed by atoms with Crippen LogP contribution in [0.15, 0.2) is 12.1 Å². The summed E-state index contributed by atoms with van der Waals surface area (Å²) >= 11 is 0. The van der Waals surface area contributed by atoms with Crippen LogP contribution in [-0.4, -0.2) is 23.9 Å². The summed E-state index contributed by atoms with van der Waals surface area (Å²) in [7, 11) is 0. The Balaban J connectivity index is 1.45. The fourth-order valence-electron chi connectivity index (χ4n) is 5.87. The second-order valence-electron chi connectivity index (χ2n) is 10.1. The van der Waals surface area contributed by atoms with Gasteiger partial charge in [-0.3, -0.25) is 9.59 Å². The van der Waals surface area contributed by atoms with Gasteiger partial charge in [0.25, 0.3) is 5.91 Å². The monoisotopic (exact) mass is 396 g/mol. The summed E-state index contributed by atoms with van der Waals surface area (Å²) in [5.74, 6) is 1.20. The lowest BCUT2D eigenvalue weighted by atomic mass is 9.60. The number of hydrogen-bond acceptors (Lipinski definition) is 2. The SMILES string of the molecule is CC(C)NC(=O)c1ccc(CC(C)NC(=O)C23CCC(CC2)CC3)c2c1CCC2. The molecule has 2 amide bonds. The highest BCUT2D eigenvalue weighted by atomic mass is 16.2. The normalized spacial score (nSPS) is 26.3. The van der Waals surface area contributed by atoms with Crippen molar-refractivity contribution in [2.75, 3.05) is 0 Å². The molecule has 4 heteroatoms. The van der Waals surface area contributed by atoms with Crippen molar-refractivity contribution in [2.45, 2.75) is 97.1 Å². The van der Waals surface area contributed by atoms with Gasteiger partial charge >= 0.3 is 0 Å². The van der Waals surface area contributed by atoms with Crippen LogP contribution in [0.25, 0.3) is 0 Å². The number of fused-ring (bicyclic) bond motifs is 4. The van der Waals surface area contributed by atoms with Gasteiger partial charge in [0, 0.05) is 23.1 Å². The molecule has 2 N–H and O–H groups in total. The Morgan fingerprint density at radius 2 is 1.66 bits per heavy atom. The number of carbonyl (C=O) groups is 2. The summed E-state index contributed by atoms with van der Waals surface area (Å²) in [5.41, 5.74) is 4.62. The summed E-state index contributed by atoms with van der Waals surface area (Å²) in [5, 5.41) is 6.38. The minimum Gasteiger partial charge on any atom is -0.353 e. The summed E-state index contributed by atoms with van der Waals surface area (Å²) in [4.78, 5) is 25.7. The molecular formula is C25H36N2O2. The first kappa shape index (κ1) is 20.4. The van der Waals surface area contributed by atoms with E-state index in [1.54, 1.807) is 0 Å². The van der Waals surface area contributed by atoms with E-state index >= 15 is 0 Å². The molecule has 0 aromatic heterocycles. The van der Waals surface area contributed by atoms with Crippen molar-refractivity contribution in [2.24, 2.45) is 11.3 Å². The molecule has 4 aliphatic rings. The lowest BCUT2D eigenvalue weighted by molar-refractivity contribution is -0.137. The number of benzene rings is 1. The number of nitrogens with one attached hydrogen (secondary N) is 2. The van der Waals surface area contributed by atoms with Gasteiger partial charge in [-0.2, -0.15) is 0 Å². The molecule has 1 aromatic rings. The first-order valence-electron chi connectivity index (χ1n) is 11.6. The quantitative estimate of drug-likeness (QED) is 0.752. The molecular weight excluding hydrogens is 360 g/mol. The molecule has 0 aliphatic heterocycles. The van der Waals surface area contributed by atoms with Crippen LogP contribution >= 0.6 is 0 Å². The smallest absolute Gasteiger partial charge is 0.251 e. The number of hydrogen-bond donors (Lipinski definition) is 2. The zero-order chi connectivity index (χ0) is 20.6. The molecule has 158 valence electrons. The minimum atomic E-state index is -0.0935. The molecule has 3 fully saturated rings. The van der Waals surface area contributed by atoms with E-state index in [4.69, 9.17) is 0 Å². The van der Waals surface area contributed by atoms with Crippen molar-refractivity contribution < 1.29 is 9.59 Å². The van der Waals surface area contributed by atoms with E-state index < -0.39 is 0 Å². The molecule has 0 radical (unpaired) electrons. The van der Waals surface area contributed by atoms with E-state index in [0.29, 0.717) is 0 Å². The Labute approximate surface area is 175 Å². The van der Waals surface area contributed by atoms with Gasteiger partial charge in [0.1, 0.15) is 0 Å². The third-order valence-corrected chi connectivity index (χ3v) is 7.52. The van der Waals surface area contributed by atoms with E-state index in [1.807, 2.05) is 19.9 Å². The highest BCUT2D eigenvalue weighted by Crippen LogP contribution is 2.50. The van der Waals surface area contributed by atoms with Crippen molar-refractivity contribution in [3.05, 3.63) is 34.4 Å². The van der Waals surface area contributed by atoms with Gasteiger partial charge in [-0.05, 0) is 114 Å². The van der Waals surface area contributed by atoms with Crippen molar-refractivity contribution in [3.63, 3.8) is 0 Å². The summed E-state index contributed by atoms with van der Waals surface area (Å²) in [6.07, 6.45) is 10.9. The topological polar surface area (TPSA) is 58.2 Å². The maximum Gasteiger partial charge on any atom is 0.251 e. The van der Waals surface area contributed by atoms with E-state index in [2.05, 4.69) is 23.6 Å². The van der Waals surface area contributed by atoms with Gasteiger partial charge in [-0.1, -0.05) is 6.07 Å². The Bertz CT molecular complexity index is 776. The van der Waals surface area contributed by atoms with Crippen molar-refractivity contribution in [3.8, 4) is 0 Å². The van der Waals surface area contributed by atoms with Gasteiger partial charge in [0.15, 0.2) is 0 Å². The summed E-state index contributed by atoms with van der Waals surface area (Å²) in [6, 6.07) is 4.37. The third-order valence-electron chi connectivity index (χ3n) is 7.52. The molecule has 4 aliphatic carbocycles. The molecule has 1 aromatic carbocycles. The van der Waals surface area contributed by atoms with Crippen molar-refractivity contribution >= 4 is 11.8 Å². The Hall–Kier alpha value is -1.84. The Morgan fingerprint density at radius 3 is 2.31 bits per heavy atom. The van der Waals surface area contributed by atoms with Gasteiger partial charge in [-0.25, -0.2) is 0 Å². The number of rotatable bonds is 6. The molecule has 29 heavy (non-hydrogen) atoms. The zero-order valence-corrected chi connectivity index (χ0v) is 18.3. The van der Waals surface area contributed by atoms with Gasteiger partial charge in [-0.15, -0.1) is 0 Å². The fourth-order valence-corrected chi connectivity index (χ4v) is 5.87. The lowest BCUT2D eigenvalue weighted by Crippen LogP contribution is -2.49. The van der Waals surface area contributed by atoms with Crippen LogP contribution < -0.4 is 10.6 Å². The maximum atomic E-state index is 13.1. The van der Waals surface area contributed by atoms with Gasteiger partial charge in [0.05, 0.1) is 0 Å². The molecule has 5 rings (SSSR count). The fraction of sp³-hybridized carbons (Fsp3) is 0.680. The molecule has 0 spiro atoms. The van der Waals surface area contributed by atoms with Gasteiger partial charge in [0.2, 0.25) is 5.91 Å². The largest absolute Gasteiger partial charge is 0.353 e. The van der Waals surface area contributed by atoms with E-state index in [1.165, 1.54) is 36.0 Å². The van der Waals surface area contributed by atoms with E-state index in [-0.39, 0.29) is 29.3 Å². The minimum absolute atomic E-state index is 0.0399. The molecule has 3 saturated carbocycles. The predicted molar refractivity (Wildman–Crippen MR) is 116 cm³/mol. The Kier molecular flexibility index (Phi) is 5.72.